The molecule has 0 aliphatic rings. The molecule has 0 unspecified atom stereocenters. The Labute approximate surface area is 161 Å². The van der Waals surface area contributed by atoms with E-state index in [0.717, 1.165) is 11.3 Å². The van der Waals surface area contributed by atoms with Crippen LogP contribution in [0.2, 0.25) is 0 Å². The van der Waals surface area contributed by atoms with Crippen LogP contribution in [0.3, 0.4) is 0 Å². The van der Waals surface area contributed by atoms with E-state index in [4.69, 9.17) is 4.74 Å². The molecule has 138 valence electrons. The van der Waals surface area contributed by atoms with Gasteiger partial charge in [-0.1, -0.05) is 60.7 Å². The number of rotatable bonds is 7. The molecule has 0 amide bonds. The van der Waals surface area contributed by atoms with Gasteiger partial charge >= 0.3 is 0 Å². The van der Waals surface area contributed by atoms with E-state index in [9.17, 15) is 4.79 Å². The monoisotopic (exact) mass is 359 g/mol. The third-order valence-corrected chi connectivity index (χ3v) is 4.78. The van der Waals surface area contributed by atoms with E-state index < -0.39 is 0 Å². The van der Waals surface area contributed by atoms with Gasteiger partial charge in [0.15, 0.2) is 5.78 Å². The van der Waals surface area contributed by atoms with Crippen molar-refractivity contribution in [2.24, 2.45) is 0 Å². The highest BCUT2D eigenvalue weighted by Gasteiger charge is 2.20. The van der Waals surface area contributed by atoms with E-state index in [1.165, 1.54) is 11.1 Å². The molecule has 0 N–H and O–H groups in total. The Morgan fingerprint density at radius 3 is 1.96 bits per heavy atom. The molecule has 3 aromatic carbocycles. The molecule has 0 aliphatic heterocycles. The topological polar surface area (TPSA) is 29.5 Å². The number of Topliss-reactive ketones (excluding diaryl/α,β-unsaturated/α-hetero) is 1. The summed E-state index contributed by atoms with van der Waals surface area (Å²) in [4.78, 5) is 14.1. The van der Waals surface area contributed by atoms with Gasteiger partial charge in [-0.05, 0) is 43.3 Å². The van der Waals surface area contributed by atoms with Crippen LogP contribution < -0.4 is 4.74 Å². The second-order valence-corrected chi connectivity index (χ2v) is 6.72. The van der Waals surface area contributed by atoms with E-state index in [1.54, 1.807) is 14.0 Å². The number of methoxy groups -OCH3 is 1. The Balaban J connectivity index is 1.97. The number of ketones is 1. The summed E-state index contributed by atoms with van der Waals surface area (Å²) in [6.07, 6.45) is 0. The first kappa shape index (κ1) is 18.9. The van der Waals surface area contributed by atoms with E-state index in [0.29, 0.717) is 12.1 Å². The predicted octanol–water partition coefficient (Wildman–Crippen LogP) is 5.12. The van der Waals surface area contributed by atoms with Crippen LogP contribution in [0, 0.1) is 0 Å². The minimum absolute atomic E-state index is 0.0595. The van der Waals surface area contributed by atoms with Gasteiger partial charge < -0.3 is 4.74 Å². The highest BCUT2D eigenvalue weighted by Crippen LogP contribution is 2.31. The minimum atomic E-state index is 0.0595. The molecular formula is C24H25NO2. The smallest absolute Gasteiger partial charge is 0.159 e. The first-order valence-corrected chi connectivity index (χ1v) is 9.08. The fraction of sp³-hybridized carbons (Fsp3) is 0.208. The van der Waals surface area contributed by atoms with Crippen molar-refractivity contribution in [2.45, 2.75) is 19.5 Å². The molecule has 27 heavy (non-hydrogen) atoms. The summed E-state index contributed by atoms with van der Waals surface area (Å²) in [6, 6.07) is 26.7. The number of carbonyl (C=O) groups excluding carboxylic acids is 1. The molecular weight excluding hydrogens is 334 g/mol. The lowest BCUT2D eigenvalue weighted by atomic mass is 9.96. The van der Waals surface area contributed by atoms with Crippen molar-refractivity contribution in [1.29, 1.82) is 0 Å². The van der Waals surface area contributed by atoms with Crippen molar-refractivity contribution < 1.29 is 9.53 Å². The van der Waals surface area contributed by atoms with Crippen molar-refractivity contribution >= 4 is 5.78 Å². The molecule has 0 aromatic heterocycles. The molecule has 0 heterocycles. The lowest BCUT2D eigenvalue weighted by molar-refractivity contribution is 0.101. The lowest BCUT2D eigenvalue weighted by Crippen LogP contribution is -2.25. The highest BCUT2D eigenvalue weighted by atomic mass is 16.5. The first-order chi connectivity index (χ1) is 13.1. The Kier molecular flexibility index (Phi) is 6.05. The molecule has 0 aliphatic carbocycles. The largest absolute Gasteiger partial charge is 0.496 e. The second kappa shape index (κ2) is 8.65. The zero-order chi connectivity index (χ0) is 19.2. The molecule has 0 bridgehead atoms. The van der Waals surface area contributed by atoms with Crippen LogP contribution in [0.5, 0.6) is 5.75 Å². The summed E-state index contributed by atoms with van der Waals surface area (Å²) in [5.74, 6) is 0.857. The van der Waals surface area contributed by atoms with Crippen molar-refractivity contribution in [3.05, 3.63) is 101 Å². The Bertz CT molecular complexity index is 851. The van der Waals surface area contributed by atoms with Crippen LogP contribution in [0.4, 0.5) is 0 Å². The van der Waals surface area contributed by atoms with Crippen LogP contribution in [-0.4, -0.2) is 24.8 Å². The molecule has 0 atom stereocenters. The minimum Gasteiger partial charge on any atom is -0.496 e. The quantitative estimate of drug-likeness (QED) is 0.548. The maximum atomic E-state index is 11.8. The number of hydrogen-bond donors (Lipinski definition) is 0. The van der Waals surface area contributed by atoms with E-state index in [-0.39, 0.29) is 11.8 Å². The van der Waals surface area contributed by atoms with E-state index in [2.05, 4.69) is 60.5 Å². The number of benzene rings is 3. The van der Waals surface area contributed by atoms with Gasteiger partial charge in [-0.2, -0.15) is 0 Å². The Hall–Kier alpha value is -2.91. The fourth-order valence-corrected chi connectivity index (χ4v) is 3.45. The van der Waals surface area contributed by atoms with Gasteiger partial charge in [-0.15, -0.1) is 0 Å². The summed E-state index contributed by atoms with van der Waals surface area (Å²) in [6.45, 7) is 2.25. The average Bonchev–Trinajstić information content (AvgIpc) is 2.69. The van der Waals surface area contributed by atoms with Crippen LogP contribution in [0.1, 0.15) is 40.0 Å². The van der Waals surface area contributed by atoms with Crippen LogP contribution in [0.15, 0.2) is 78.9 Å². The molecule has 0 saturated carbocycles. The maximum Gasteiger partial charge on any atom is 0.159 e. The van der Waals surface area contributed by atoms with Gasteiger partial charge in [0.25, 0.3) is 0 Å². The first-order valence-electron chi connectivity index (χ1n) is 9.08. The van der Waals surface area contributed by atoms with Crippen molar-refractivity contribution in [1.82, 2.24) is 4.90 Å². The Morgan fingerprint density at radius 1 is 0.926 bits per heavy atom. The maximum absolute atomic E-state index is 11.8. The molecule has 3 rings (SSSR count). The number of ether oxygens (including phenoxy) is 1. The average molecular weight is 359 g/mol. The summed E-state index contributed by atoms with van der Waals surface area (Å²) in [7, 11) is 3.77. The molecule has 0 spiro atoms. The molecule has 3 aromatic rings. The molecule has 3 heteroatoms. The molecule has 0 saturated heterocycles. The third-order valence-electron chi connectivity index (χ3n) is 4.78. The SMILES string of the molecule is COc1ccc(C(C)=O)cc1CN(C)C(c1ccccc1)c1ccccc1. The van der Waals surface area contributed by atoms with Crippen LogP contribution in [0.25, 0.3) is 0 Å². The van der Waals surface area contributed by atoms with Gasteiger partial charge in [-0.3, -0.25) is 9.69 Å². The van der Waals surface area contributed by atoms with Gasteiger partial charge in [0.05, 0.1) is 13.2 Å². The van der Waals surface area contributed by atoms with E-state index >= 15 is 0 Å². The lowest BCUT2D eigenvalue weighted by Gasteiger charge is -2.29. The van der Waals surface area contributed by atoms with Gasteiger partial charge in [0, 0.05) is 17.7 Å². The number of carbonyl (C=O) groups is 1. The highest BCUT2D eigenvalue weighted by molar-refractivity contribution is 5.94. The van der Waals surface area contributed by atoms with Gasteiger partial charge in [0.2, 0.25) is 0 Å². The standard InChI is InChI=1S/C24H25NO2/c1-18(26)21-14-15-23(27-3)22(16-21)17-25(2)24(19-10-6-4-7-11-19)20-12-8-5-9-13-20/h4-16,24H,17H2,1-3H3. The summed E-state index contributed by atoms with van der Waals surface area (Å²) >= 11 is 0. The molecule has 0 radical (unpaired) electrons. The van der Waals surface area contributed by atoms with Gasteiger partial charge in [-0.25, -0.2) is 0 Å². The third kappa shape index (κ3) is 4.44. The second-order valence-electron chi connectivity index (χ2n) is 6.72. The fourth-order valence-electron chi connectivity index (χ4n) is 3.45. The van der Waals surface area contributed by atoms with E-state index in [1.807, 2.05) is 30.3 Å². The predicted molar refractivity (Wildman–Crippen MR) is 109 cm³/mol. The van der Waals surface area contributed by atoms with Crippen LogP contribution >= 0.6 is 0 Å². The van der Waals surface area contributed by atoms with Crippen molar-refractivity contribution in [2.75, 3.05) is 14.2 Å². The van der Waals surface area contributed by atoms with Gasteiger partial charge in [0.1, 0.15) is 5.75 Å². The summed E-state index contributed by atoms with van der Waals surface area (Å²) in [5.41, 5.74) is 4.17. The van der Waals surface area contributed by atoms with Crippen molar-refractivity contribution in [3.8, 4) is 5.75 Å². The summed E-state index contributed by atoms with van der Waals surface area (Å²) < 4.78 is 5.53. The molecule has 0 fully saturated rings. The van der Waals surface area contributed by atoms with Crippen LogP contribution in [-0.2, 0) is 6.54 Å². The summed E-state index contributed by atoms with van der Waals surface area (Å²) in [5, 5.41) is 0. The zero-order valence-electron chi connectivity index (χ0n) is 16.1. The normalized spacial score (nSPS) is 11.0. The number of hydrogen-bond acceptors (Lipinski definition) is 3. The number of nitrogens with zero attached hydrogens (tertiary/aromatic N) is 1. The molecule has 3 nitrogen and oxygen atoms in total. The van der Waals surface area contributed by atoms with Crippen molar-refractivity contribution in [3.63, 3.8) is 0 Å². The zero-order valence-corrected chi connectivity index (χ0v) is 16.1. The Morgan fingerprint density at radius 2 is 1.48 bits per heavy atom.